The van der Waals surface area contributed by atoms with Crippen molar-refractivity contribution in [3.8, 4) is 0 Å². The minimum Gasteiger partial charge on any atom is -0.462 e. The van der Waals surface area contributed by atoms with Crippen molar-refractivity contribution in [1.29, 1.82) is 0 Å². The van der Waals surface area contributed by atoms with Crippen LogP contribution in [0.3, 0.4) is 0 Å². The number of hydrogen-bond donors (Lipinski definition) is 0. The lowest BCUT2D eigenvalue weighted by atomic mass is 9.44. The van der Waals surface area contributed by atoms with E-state index in [2.05, 4.69) is 26.0 Å². The first kappa shape index (κ1) is 15.7. The molecule has 0 saturated heterocycles. The number of carbonyl (C=O) groups excluding carboxylic acids is 1. The summed E-state index contributed by atoms with van der Waals surface area (Å²) in [6, 6.07) is 0. The van der Waals surface area contributed by atoms with Gasteiger partial charge in [-0.25, -0.2) is 0 Å². The molecule has 0 aliphatic heterocycles. The maximum Gasteiger partial charge on any atom is 0.302 e. The summed E-state index contributed by atoms with van der Waals surface area (Å²) in [5.74, 6) is 2.88. The van der Waals surface area contributed by atoms with Gasteiger partial charge in [0.15, 0.2) is 0 Å². The van der Waals surface area contributed by atoms with Gasteiger partial charge in [0.05, 0.1) is 0 Å². The Kier molecular flexibility index (Phi) is 3.66. The van der Waals surface area contributed by atoms with Crippen LogP contribution in [-0.4, -0.2) is 12.1 Å². The molecule has 0 bridgehead atoms. The molecule has 0 aromatic heterocycles. The van der Waals surface area contributed by atoms with Crippen molar-refractivity contribution in [2.75, 3.05) is 0 Å². The lowest BCUT2D eigenvalue weighted by molar-refractivity contribution is -0.181. The van der Waals surface area contributed by atoms with Crippen LogP contribution in [0.2, 0.25) is 0 Å². The summed E-state index contributed by atoms with van der Waals surface area (Å²) in [6.45, 7) is 6.59. The molecule has 2 heteroatoms. The van der Waals surface area contributed by atoms with Crippen molar-refractivity contribution in [2.24, 2.45) is 34.5 Å². The molecule has 2 nitrogen and oxygen atoms in total. The van der Waals surface area contributed by atoms with Crippen LogP contribution in [0, 0.1) is 34.5 Å². The number of rotatable bonds is 1. The second-order valence-electron chi connectivity index (χ2n) is 9.30. The van der Waals surface area contributed by atoms with Gasteiger partial charge in [-0.05, 0) is 67.1 Å². The van der Waals surface area contributed by atoms with Crippen LogP contribution in [0.1, 0.15) is 72.1 Å². The third-order valence-electron chi connectivity index (χ3n) is 8.21. The molecule has 23 heavy (non-hydrogen) atoms. The van der Waals surface area contributed by atoms with Crippen LogP contribution in [0.5, 0.6) is 0 Å². The number of allylic oxidation sites excluding steroid dienone is 2. The Morgan fingerprint density at radius 2 is 1.91 bits per heavy atom. The molecular weight excluding hydrogens is 284 g/mol. The average molecular weight is 316 g/mol. The van der Waals surface area contributed by atoms with Gasteiger partial charge >= 0.3 is 5.97 Å². The van der Waals surface area contributed by atoms with Crippen LogP contribution < -0.4 is 0 Å². The molecule has 0 radical (unpaired) electrons. The van der Waals surface area contributed by atoms with Gasteiger partial charge in [-0.3, -0.25) is 4.79 Å². The number of esters is 1. The molecule has 4 aliphatic carbocycles. The molecule has 0 spiro atoms. The first-order valence-electron chi connectivity index (χ1n) is 9.79. The van der Waals surface area contributed by atoms with E-state index in [4.69, 9.17) is 4.74 Å². The Morgan fingerprint density at radius 3 is 2.70 bits per heavy atom. The van der Waals surface area contributed by atoms with Gasteiger partial charge in [-0.15, -0.1) is 0 Å². The maximum atomic E-state index is 11.7. The zero-order chi connectivity index (χ0) is 16.2. The van der Waals surface area contributed by atoms with Crippen molar-refractivity contribution >= 4 is 5.97 Å². The molecule has 0 heterocycles. The van der Waals surface area contributed by atoms with E-state index in [-0.39, 0.29) is 12.1 Å². The summed E-state index contributed by atoms with van der Waals surface area (Å²) in [6.07, 6.45) is 15.5. The molecule has 0 aromatic rings. The predicted molar refractivity (Wildman–Crippen MR) is 91.8 cm³/mol. The van der Waals surface area contributed by atoms with Crippen LogP contribution in [0.15, 0.2) is 12.2 Å². The van der Waals surface area contributed by atoms with Crippen molar-refractivity contribution in [2.45, 2.75) is 78.2 Å². The molecule has 7 unspecified atom stereocenters. The van der Waals surface area contributed by atoms with E-state index in [1.54, 1.807) is 6.92 Å². The lowest BCUT2D eigenvalue weighted by Crippen LogP contribution is -2.57. The topological polar surface area (TPSA) is 26.3 Å². The fourth-order valence-corrected chi connectivity index (χ4v) is 7.15. The van der Waals surface area contributed by atoms with Gasteiger partial charge in [-0.2, -0.15) is 0 Å². The third kappa shape index (κ3) is 2.31. The molecule has 3 saturated carbocycles. The van der Waals surface area contributed by atoms with Crippen molar-refractivity contribution < 1.29 is 9.53 Å². The molecule has 3 fully saturated rings. The Balaban J connectivity index is 1.68. The zero-order valence-corrected chi connectivity index (χ0v) is 15.0. The average Bonchev–Trinajstić information content (AvgIpc) is 2.88. The van der Waals surface area contributed by atoms with Crippen molar-refractivity contribution in [3.63, 3.8) is 0 Å². The predicted octanol–water partition coefficient (Wildman–Crippen LogP) is 5.13. The Labute approximate surface area is 141 Å². The van der Waals surface area contributed by atoms with E-state index in [1.807, 2.05) is 0 Å². The molecule has 4 aliphatic rings. The second-order valence-corrected chi connectivity index (χ2v) is 9.30. The van der Waals surface area contributed by atoms with Gasteiger partial charge in [-0.1, -0.05) is 38.8 Å². The molecule has 128 valence electrons. The standard InChI is InChI=1S/C21H32O2/c1-14(22)23-19-13-15-16-8-6-10-20(16,2)12-9-17(15)21(3)11-5-4-7-18(19)21/h6,10,15-19H,4-5,7-9,11-13H2,1-3H3. The summed E-state index contributed by atoms with van der Waals surface area (Å²) >= 11 is 0. The first-order valence-corrected chi connectivity index (χ1v) is 9.79. The van der Waals surface area contributed by atoms with Crippen LogP contribution in [0.25, 0.3) is 0 Å². The Bertz CT molecular complexity index is 524. The normalized spacial score (nSPS) is 51.5. The highest BCUT2D eigenvalue weighted by Crippen LogP contribution is 2.65. The van der Waals surface area contributed by atoms with Crippen LogP contribution >= 0.6 is 0 Å². The highest BCUT2D eigenvalue weighted by atomic mass is 16.5. The molecule has 0 N–H and O–H groups in total. The molecule has 7 atom stereocenters. The zero-order valence-electron chi connectivity index (χ0n) is 15.0. The maximum absolute atomic E-state index is 11.7. The van der Waals surface area contributed by atoms with Crippen molar-refractivity contribution in [3.05, 3.63) is 12.2 Å². The second kappa shape index (κ2) is 5.36. The first-order chi connectivity index (χ1) is 10.9. The molecule has 0 aromatic carbocycles. The van der Waals surface area contributed by atoms with E-state index in [1.165, 1.54) is 44.9 Å². The minimum absolute atomic E-state index is 0.0792. The van der Waals surface area contributed by atoms with Gasteiger partial charge in [0.25, 0.3) is 0 Å². The highest BCUT2D eigenvalue weighted by molar-refractivity contribution is 5.66. The lowest BCUT2D eigenvalue weighted by Gasteiger charge is -2.61. The van der Waals surface area contributed by atoms with Crippen LogP contribution in [-0.2, 0) is 9.53 Å². The summed E-state index contributed by atoms with van der Waals surface area (Å²) in [5, 5.41) is 0. The molecule has 4 rings (SSSR count). The quantitative estimate of drug-likeness (QED) is 0.495. The SMILES string of the molecule is CC(=O)OC1CC2C3CC=CC3(C)CCC2C2(C)CCCCC12. The van der Waals surface area contributed by atoms with E-state index in [0.29, 0.717) is 16.7 Å². The summed E-state index contributed by atoms with van der Waals surface area (Å²) in [5.41, 5.74) is 0.797. The van der Waals surface area contributed by atoms with E-state index in [9.17, 15) is 4.79 Å². The molecule has 0 amide bonds. The largest absolute Gasteiger partial charge is 0.462 e. The fraction of sp³-hybridized carbons (Fsp3) is 0.857. The summed E-state index contributed by atoms with van der Waals surface area (Å²) in [4.78, 5) is 11.7. The smallest absolute Gasteiger partial charge is 0.302 e. The van der Waals surface area contributed by atoms with Crippen LogP contribution in [0.4, 0.5) is 0 Å². The number of carbonyl (C=O) groups is 1. The Morgan fingerprint density at radius 1 is 1.09 bits per heavy atom. The number of ether oxygens (including phenoxy) is 1. The monoisotopic (exact) mass is 316 g/mol. The molecular formula is C21H32O2. The number of fused-ring (bicyclic) bond motifs is 5. The van der Waals surface area contributed by atoms with Crippen molar-refractivity contribution in [1.82, 2.24) is 0 Å². The van der Waals surface area contributed by atoms with E-state index < -0.39 is 0 Å². The number of hydrogen-bond acceptors (Lipinski definition) is 2. The van der Waals surface area contributed by atoms with Gasteiger partial charge in [0, 0.05) is 12.8 Å². The van der Waals surface area contributed by atoms with Gasteiger partial charge in [0.1, 0.15) is 6.10 Å². The van der Waals surface area contributed by atoms with E-state index in [0.717, 1.165) is 24.2 Å². The summed E-state index contributed by atoms with van der Waals surface area (Å²) in [7, 11) is 0. The van der Waals surface area contributed by atoms with Gasteiger partial charge in [0.2, 0.25) is 0 Å². The third-order valence-corrected chi connectivity index (χ3v) is 8.21. The fourth-order valence-electron chi connectivity index (χ4n) is 7.15. The minimum atomic E-state index is -0.0792. The Hall–Kier alpha value is -0.790. The summed E-state index contributed by atoms with van der Waals surface area (Å²) < 4.78 is 5.90. The van der Waals surface area contributed by atoms with Gasteiger partial charge < -0.3 is 4.74 Å². The highest BCUT2D eigenvalue weighted by Gasteiger charge is 2.59. The van der Waals surface area contributed by atoms with E-state index >= 15 is 0 Å².